The summed E-state index contributed by atoms with van der Waals surface area (Å²) in [5.41, 5.74) is 2.42. The Labute approximate surface area is 111 Å². The molecular weight excluding hydrogens is 222 g/mol. The van der Waals surface area contributed by atoms with Crippen molar-refractivity contribution in [3.8, 4) is 0 Å². The van der Waals surface area contributed by atoms with Gasteiger partial charge in [-0.2, -0.15) is 5.10 Å². The predicted octanol–water partition coefficient (Wildman–Crippen LogP) is 3.06. The molecule has 1 atom stereocenters. The number of nitrogens with zero attached hydrogens (tertiary/aromatic N) is 2. The average Bonchev–Trinajstić information content (AvgIpc) is 2.95. The second kappa shape index (κ2) is 6.37. The largest absolute Gasteiger partial charge is 0.312 e. The highest BCUT2D eigenvalue weighted by molar-refractivity contribution is 5.06. The summed E-state index contributed by atoms with van der Waals surface area (Å²) in [5, 5.41) is 8.34. The van der Waals surface area contributed by atoms with Gasteiger partial charge >= 0.3 is 0 Å². The van der Waals surface area contributed by atoms with Gasteiger partial charge in [0.15, 0.2) is 0 Å². The minimum Gasteiger partial charge on any atom is -0.312 e. The smallest absolute Gasteiger partial charge is 0.0596 e. The molecule has 1 aliphatic carbocycles. The van der Waals surface area contributed by atoms with Crippen LogP contribution in [0.15, 0.2) is 6.07 Å². The highest BCUT2D eigenvalue weighted by atomic mass is 15.3. The van der Waals surface area contributed by atoms with Crippen LogP contribution in [0.25, 0.3) is 0 Å². The molecule has 0 amide bonds. The predicted molar refractivity (Wildman–Crippen MR) is 75.7 cm³/mol. The lowest BCUT2D eigenvalue weighted by Gasteiger charge is -2.25. The van der Waals surface area contributed by atoms with Gasteiger partial charge in [0, 0.05) is 11.7 Å². The van der Waals surface area contributed by atoms with E-state index in [1.54, 1.807) is 0 Å². The minimum atomic E-state index is 0.602. The van der Waals surface area contributed by atoms with E-state index in [0.717, 1.165) is 24.7 Å². The van der Waals surface area contributed by atoms with Gasteiger partial charge in [-0.3, -0.25) is 4.68 Å². The first kappa shape index (κ1) is 13.6. The van der Waals surface area contributed by atoms with Crippen molar-refractivity contribution in [1.29, 1.82) is 0 Å². The lowest BCUT2D eigenvalue weighted by atomic mass is 9.98. The number of hydrogen-bond donors (Lipinski definition) is 1. The zero-order valence-electron chi connectivity index (χ0n) is 12.1. The Kier molecular flexibility index (Phi) is 4.81. The van der Waals surface area contributed by atoms with Crippen LogP contribution >= 0.6 is 0 Å². The summed E-state index contributed by atoms with van der Waals surface area (Å²) in [5.74, 6) is 0.848. The van der Waals surface area contributed by atoms with Crippen molar-refractivity contribution in [1.82, 2.24) is 15.1 Å². The van der Waals surface area contributed by atoms with Gasteiger partial charge in [-0.25, -0.2) is 0 Å². The van der Waals surface area contributed by atoms with E-state index < -0.39 is 0 Å². The summed E-state index contributed by atoms with van der Waals surface area (Å²) in [6.07, 6.45) is 6.81. The van der Waals surface area contributed by atoms with Crippen LogP contribution in [0.1, 0.15) is 50.4 Å². The second-order valence-corrected chi connectivity index (χ2v) is 5.71. The van der Waals surface area contributed by atoms with Gasteiger partial charge in [-0.15, -0.1) is 0 Å². The molecule has 18 heavy (non-hydrogen) atoms. The molecule has 1 aromatic rings. The molecule has 0 bridgehead atoms. The first-order valence-electron chi connectivity index (χ1n) is 7.45. The molecule has 1 fully saturated rings. The third-order valence-electron chi connectivity index (χ3n) is 4.10. The van der Waals surface area contributed by atoms with Crippen LogP contribution in [0, 0.1) is 19.8 Å². The van der Waals surface area contributed by atoms with E-state index in [9.17, 15) is 0 Å². The third-order valence-corrected chi connectivity index (χ3v) is 4.10. The van der Waals surface area contributed by atoms with Crippen LogP contribution < -0.4 is 5.32 Å². The summed E-state index contributed by atoms with van der Waals surface area (Å²) in [6, 6.07) is 2.77. The zero-order chi connectivity index (χ0) is 13.0. The van der Waals surface area contributed by atoms with Crippen molar-refractivity contribution in [2.24, 2.45) is 5.92 Å². The summed E-state index contributed by atoms with van der Waals surface area (Å²) in [6.45, 7) is 8.63. The first-order valence-corrected chi connectivity index (χ1v) is 7.45. The molecule has 2 rings (SSSR count). The maximum absolute atomic E-state index is 4.61. The second-order valence-electron chi connectivity index (χ2n) is 5.71. The van der Waals surface area contributed by atoms with Crippen molar-refractivity contribution >= 4 is 0 Å². The van der Waals surface area contributed by atoms with Crippen molar-refractivity contribution < 1.29 is 0 Å². The minimum absolute atomic E-state index is 0.602. The van der Waals surface area contributed by atoms with Crippen molar-refractivity contribution in [2.45, 2.75) is 65.5 Å². The molecule has 3 nitrogen and oxygen atoms in total. The van der Waals surface area contributed by atoms with Gasteiger partial charge in [0.2, 0.25) is 0 Å². The highest BCUT2D eigenvalue weighted by Crippen LogP contribution is 2.28. The molecule has 1 unspecified atom stereocenters. The Bertz CT molecular complexity index is 364. The molecule has 0 spiro atoms. The summed E-state index contributed by atoms with van der Waals surface area (Å²) in [4.78, 5) is 0. The van der Waals surface area contributed by atoms with Gasteiger partial charge in [0.25, 0.3) is 0 Å². The molecule has 1 aromatic heterocycles. The van der Waals surface area contributed by atoms with E-state index in [0.29, 0.717) is 6.04 Å². The number of rotatable bonds is 6. The molecular formula is C15H27N3. The van der Waals surface area contributed by atoms with E-state index in [1.807, 2.05) is 0 Å². The van der Waals surface area contributed by atoms with E-state index in [2.05, 4.69) is 41.9 Å². The van der Waals surface area contributed by atoms with Gasteiger partial charge in [0.1, 0.15) is 0 Å². The topological polar surface area (TPSA) is 29.9 Å². The fourth-order valence-electron chi connectivity index (χ4n) is 3.12. The Balaban J connectivity index is 2.01. The summed E-state index contributed by atoms with van der Waals surface area (Å²) >= 11 is 0. The molecule has 1 N–H and O–H groups in total. The molecule has 0 aliphatic heterocycles. The summed E-state index contributed by atoms with van der Waals surface area (Å²) in [7, 11) is 0. The quantitative estimate of drug-likeness (QED) is 0.839. The number of aromatic nitrogens is 2. The molecule has 3 heteroatoms. The average molecular weight is 249 g/mol. The summed E-state index contributed by atoms with van der Waals surface area (Å²) < 4.78 is 2.18. The molecule has 1 saturated carbocycles. The van der Waals surface area contributed by atoms with E-state index in [-0.39, 0.29) is 0 Å². The van der Waals surface area contributed by atoms with Gasteiger partial charge in [-0.1, -0.05) is 19.8 Å². The lowest BCUT2D eigenvalue weighted by Crippen LogP contribution is -2.39. The zero-order valence-corrected chi connectivity index (χ0v) is 12.1. The van der Waals surface area contributed by atoms with E-state index in [1.165, 1.54) is 37.8 Å². The van der Waals surface area contributed by atoms with E-state index >= 15 is 0 Å². The monoisotopic (exact) mass is 249 g/mol. The van der Waals surface area contributed by atoms with Gasteiger partial charge in [-0.05, 0) is 51.6 Å². The van der Waals surface area contributed by atoms with Crippen LogP contribution in [-0.2, 0) is 6.54 Å². The molecule has 102 valence electrons. The first-order chi connectivity index (χ1) is 8.70. The van der Waals surface area contributed by atoms with E-state index in [4.69, 9.17) is 0 Å². The van der Waals surface area contributed by atoms with Crippen LogP contribution in [0.4, 0.5) is 0 Å². The highest BCUT2D eigenvalue weighted by Gasteiger charge is 2.25. The molecule has 1 heterocycles. The van der Waals surface area contributed by atoms with Gasteiger partial charge in [0.05, 0.1) is 12.2 Å². The fourth-order valence-corrected chi connectivity index (χ4v) is 3.12. The van der Waals surface area contributed by atoms with Crippen LogP contribution in [0.3, 0.4) is 0 Å². The van der Waals surface area contributed by atoms with Crippen molar-refractivity contribution in [3.05, 3.63) is 17.5 Å². The third kappa shape index (κ3) is 3.35. The normalized spacial score (nSPS) is 18.4. The standard InChI is InChI=1S/C15H27N3/c1-4-9-16-15(14-7-5-6-8-14)11-18-13(3)10-12(2)17-18/h10,14-16H,4-9,11H2,1-3H3. The molecule has 1 aliphatic rings. The van der Waals surface area contributed by atoms with Crippen molar-refractivity contribution in [2.75, 3.05) is 6.54 Å². The van der Waals surface area contributed by atoms with Crippen LogP contribution in [0.2, 0.25) is 0 Å². The Hall–Kier alpha value is -0.830. The number of aryl methyl sites for hydroxylation is 2. The van der Waals surface area contributed by atoms with Crippen LogP contribution in [-0.4, -0.2) is 22.4 Å². The fraction of sp³-hybridized carbons (Fsp3) is 0.800. The molecule has 0 aromatic carbocycles. The number of hydrogen-bond acceptors (Lipinski definition) is 2. The SMILES string of the molecule is CCCNC(Cn1nc(C)cc1C)C1CCCC1. The molecule has 0 radical (unpaired) electrons. The van der Waals surface area contributed by atoms with Crippen molar-refractivity contribution in [3.63, 3.8) is 0 Å². The Morgan fingerprint density at radius 1 is 1.39 bits per heavy atom. The Morgan fingerprint density at radius 3 is 2.67 bits per heavy atom. The molecule has 0 saturated heterocycles. The van der Waals surface area contributed by atoms with Crippen LogP contribution in [0.5, 0.6) is 0 Å². The van der Waals surface area contributed by atoms with Gasteiger partial charge < -0.3 is 5.32 Å². The Morgan fingerprint density at radius 2 is 2.11 bits per heavy atom. The maximum atomic E-state index is 4.61. The lowest BCUT2D eigenvalue weighted by molar-refractivity contribution is 0.310. The number of nitrogens with one attached hydrogen (secondary N) is 1. The maximum Gasteiger partial charge on any atom is 0.0596 e.